The molecule has 1 fully saturated rings. The number of nitro groups is 1. The van der Waals surface area contributed by atoms with Crippen LogP contribution >= 0.6 is 0 Å². The van der Waals surface area contributed by atoms with Crippen LogP contribution in [0.15, 0.2) is 24.3 Å². The summed E-state index contributed by atoms with van der Waals surface area (Å²) in [5.74, 6) is 0. The predicted octanol–water partition coefficient (Wildman–Crippen LogP) is 1.83. The van der Waals surface area contributed by atoms with Gasteiger partial charge in [0.05, 0.1) is 4.92 Å². The number of nitrogens with zero attached hydrogens (tertiary/aromatic N) is 2. The Hall–Kier alpha value is -2.15. The Kier molecular flexibility index (Phi) is 4.52. The van der Waals surface area contributed by atoms with Gasteiger partial charge in [0.15, 0.2) is 0 Å². The molecule has 1 heterocycles. The van der Waals surface area contributed by atoms with Crippen LogP contribution in [0.5, 0.6) is 0 Å². The summed E-state index contributed by atoms with van der Waals surface area (Å²) >= 11 is 0. The highest BCUT2D eigenvalue weighted by molar-refractivity contribution is 5.65. The number of rotatable bonds is 4. The number of carbonyl (C=O) groups is 1. The molecule has 0 spiro atoms. The molecule has 1 aliphatic rings. The average molecular weight is 279 g/mol. The largest absolute Gasteiger partial charge is 0.465 e. The van der Waals surface area contributed by atoms with Crippen molar-refractivity contribution in [3.05, 3.63) is 39.9 Å². The first-order valence-electron chi connectivity index (χ1n) is 6.51. The summed E-state index contributed by atoms with van der Waals surface area (Å²) in [6.45, 7) is 1.66. The number of amides is 1. The van der Waals surface area contributed by atoms with Crippen LogP contribution in [-0.2, 0) is 6.54 Å². The maximum Gasteiger partial charge on any atom is 0.407 e. The maximum atomic E-state index is 10.9. The molecular formula is C13H17N3O4. The van der Waals surface area contributed by atoms with Crippen LogP contribution in [0.3, 0.4) is 0 Å². The van der Waals surface area contributed by atoms with Crippen LogP contribution < -0.4 is 5.32 Å². The first-order valence-corrected chi connectivity index (χ1v) is 6.51. The quantitative estimate of drug-likeness (QED) is 0.647. The molecule has 1 aromatic carbocycles. The molecule has 0 aromatic heterocycles. The second-order valence-electron chi connectivity index (χ2n) is 4.87. The molecule has 1 aromatic rings. The van der Waals surface area contributed by atoms with Gasteiger partial charge in [-0.25, -0.2) is 4.79 Å². The first kappa shape index (κ1) is 14.3. The fourth-order valence-electron chi connectivity index (χ4n) is 2.32. The topological polar surface area (TPSA) is 95.7 Å². The lowest BCUT2D eigenvalue weighted by atomic mass is 10.1. The van der Waals surface area contributed by atoms with Gasteiger partial charge in [-0.15, -0.1) is 0 Å². The highest BCUT2D eigenvalue weighted by Crippen LogP contribution is 2.14. The number of nitro benzene ring substituents is 1. The summed E-state index contributed by atoms with van der Waals surface area (Å²) in [4.78, 5) is 22.4. The Labute approximate surface area is 116 Å². The fourth-order valence-corrected chi connectivity index (χ4v) is 2.32. The molecule has 1 amide bonds. The average Bonchev–Trinajstić information content (AvgIpc) is 2.46. The van der Waals surface area contributed by atoms with Crippen LogP contribution in [0.2, 0.25) is 0 Å². The van der Waals surface area contributed by atoms with Crippen LogP contribution in [0, 0.1) is 10.1 Å². The van der Waals surface area contributed by atoms with Crippen LogP contribution in [0.25, 0.3) is 0 Å². The van der Waals surface area contributed by atoms with Crippen LogP contribution in [0.1, 0.15) is 18.4 Å². The predicted molar refractivity (Wildman–Crippen MR) is 72.6 cm³/mol. The zero-order valence-electron chi connectivity index (χ0n) is 11.0. The standard InChI is InChI=1S/C13H17N3O4/c17-13(18)15-7-1-2-11(9-15)14-8-10-3-5-12(6-4-10)16(19)20/h3-6,11,14H,1-2,7-9H2,(H,17,18). The Morgan fingerprint density at radius 1 is 1.45 bits per heavy atom. The van der Waals surface area contributed by atoms with E-state index in [1.807, 2.05) is 0 Å². The van der Waals surface area contributed by atoms with Crippen molar-refractivity contribution in [1.29, 1.82) is 0 Å². The number of hydrogen-bond donors (Lipinski definition) is 2. The zero-order valence-corrected chi connectivity index (χ0v) is 11.0. The molecule has 108 valence electrons. The van der Waals surface area contributed by atoms with Gasteiger partial charge >= 0.3 is 6.09 Å². The number of carboxylic acid groups (broad SMARTS) is 1. The van der Waals surface area contributed by atoms with E-state index in [0.29, 0.717) is 19.6 Å². The summed E-state index contributed by atoms with van der Waals surface area (Å²) < 4.78 is 0. The van der Waals surface area contributed by atoms with E-state index < -0.39 is 11.0 Å². The van der Waals surface area contributed by atoms with Gasteiger partial charge in [0.25, 0.3) is 5.69 Å². The lowest BCUT2D eigenvalue weighted by Crippen LogP contribution is -2.47. The van der Waals surface area contributed by atoms with Gasteiger partial charge in [-0.1, -0.05) is 12.1 Å². The minimum absolute atomic E-state index is 0.0727. The van der Waals surface area contributed by atoms with E-state index in [1.54, 1.807) is 12.1 Å². The van der Waals surface area contributed by atoms with E-state index >= 15 is 0 Å². The molecule has 7 heteroatoms. The second kappa shape index (κ2) is 6.33. The molecule has 1 atom stereocenters. The Morgan fingerprint density at radius 2 is 2.15 bits per heavy atom. The number of piperidine rings is 1. The molecular weight excluding hydrogens is 262 g/mol. The minimum Gasteiger partial charge on any atom is -0.465 e. The minimum atomic E-state index is -0.883. The Morgan fingerprint density at radius 3 is 2.75 bits per heavy atom. The van der Waals surface area contributed by atoms with Gasteiger partial charge in [0.2, 0.25) is 0 Å². The van der Waals surface area contributed by atoms with Gasteiger partial charge in [-0.2, -0.15) is 0 Å². The van der Waals surface area contributed by atoms with E-state index in [9.17, 15) is 14.9 Å². The molecule has 0 radical (unpaired) electrons. The van der Waals surface area contributed by atoms with Crippen LogP contribution in [0.4, 0.5) is 10.5 Å². The SMILES string of the molecule is O=C(O)N1CCCC(NCc2ccc([N+](=O)[O-])cc2)C1. The van der Waals surface area contributed by atoms with Crippen molar-refractivity contribution in [2.24, 2.45) is 0 Å². The molecule has 0 bridgehead atoms. The van der Waals surface area contributed by atoms with Gasteiger partial charge in [0.1, 0.15) is 0 Å². The Bertz CT molecular complexity index is 489. The summed E-state index contributed by atoms with van der Waals surface area (Å²) in [6, 6.07) is 6.50. The van der Waals surface area contributed by atoms with Crippen molar-refractivity contribution in [3.8, 4) is 0 Å². The van der Waals surface area contributed by atoms with Crippen molar-refractivity contribution in [2.75, 3.05) is 13.1 Å². The lowest BCUT2D eigenvalue weighted by molar-refractivity contribution is -0.384. The van der Waals surface area contributed by atoms with Crippen molar-refractivity contribution in [2.45, 2.75) is 25.4 Å². The maximum absolute atomic E-state index is 10.9. The van der Waals surface area contributed by atoms with E-state index in [1.165, 1.54) is 17.0 Å². The summed E-state index contributed by atoms with van der Waals surface area (Å²) in [5.41, 5.74) is 1.02. The van der Waals surface area contributed by atoms with Gasteiger partial charge in [-0.3, -0.25) is 10.1 Å². The highest BCUT2D eigenvalue weighted by Gasteiger charge is 2.22. The lowest BCUT2D eigenvalue weighted by Gasteiger charge is -2.31. The van der Waals surface area contributed by atoms with Gasteiger partial charge in [0, 0.05) is 37.8 Å². The number of benzene rings is 1. The fraction of sp³-hybridized carbons (Fsp3) is 0.462. The third-order valence-corrected chi connectivity index (χ3v) is 3.43. The van der Waals surface area contributed by atoms with E-state index in [2.05, 4.69) is 5.32 Å². The van der Waals surface area contributed by atoms with E-state index in [0.717, 1.165) is 18.4 Å². The summed E-state index contributed by atoms with van der Waals surface area (Å²) in [5, 5.41) is 22.8. The highest BCUT2D eigenvalue weighted by atomic mass is 16.6. The molecule has 2 N–H and O–H groups in total. The molecule has 20 heavy (non-hydrogen) atoms. The first-order chi connectivity index (χ1) is 9.56. The zero-order chi connectivity index (χ0) is 14.5. The van der Waals surface area contributed by atoms with E-state index in [4.69, 9.17) is 5.11 Å². The summed E-state index contributed by atoms with van der Waals surface area (Å²) in [6.07, 6.45) is 0.910. The molecule has 1 unspecified atom stereocenters. The monoisotopic (exact) mass is 279 g/mol. The number of nitrogens with one attached hydrogen (secondary N) is 1. The van der Waals surface area contributed by atoms with E-state index in [-0.39, 0.29) is 11.7 Å². The van der Waals surface area contributed by atoms with Gasteiger partial charge < -0.3 is 15.3 Å². The molecule has 0 aliphatic carbocycles. The van der Waals surface area contributed by atoms with Crippen molar-refractivity contribution >= 4 is 11.8 Å². The number of likely N-dealkylation sites (tertiary alicyclic amines) is 1. The molecule has 7 nitrogen and oxygen atoms in total. The van der Waals surface area contributed by atoms with Crippen LogP contribution in [-0.4, -0.2) is 40.2 Å². The molecule has 0 saturated carbocycles. The molecule has 1 aliphatic heterocycles. The Balaban J connectivity index is 1.85. The normalized spacial score (nSPS) is 18.8. The number of hydrogen-bond acceptors (Lipinski definition) is 4. The molecule has 1 saturated heterocycles. The van der Waals surface area contributed by atoms with Crippen molar-refractivity contribution in [1.82, 2.24) is 10.2 Å². The van der Waals surface area contributed by atoms with Gasteiger partial charge in [-0.05, 0) is 18.4 Å². The van der Waals surface area contributed by atoms with Crippen molar-refractivity contribution in [3.63, 3.8) is 0 Å². The smallest absolute Gasteiger partial charge is 0.407 e. The third kappa shape index (κ3) is 3.67. The molecule has 2 rings (SSSR count). The van der Waals surface area contributed by atoms with Crippen molar-refractivity contribution < 1.29 is 14.8 Å². The number of non-ortho nitro benzene ring substituents is 1. The summed E-state index contributed by atoms with van der Waals surface area (Å²) in [7, 11) is 0. The second-order valence-corrected chi connectivity index (χ2v) is 4.87. The third-order valence-electron chi connectivity index (χ3n) is 3.43.